The Balaban J connectivity index is 1.47. The van der Waals surface area contributed by atoms with Crippen LogP contribution in [0.5, 0.6) is 0 Å². The van der Waals surface area contributed by atoms with Gasteiger partial charge in [0.1, 0.15) is 0 Å². The molecule has 2 saturated heterocycles. The highest BCUT2D eigenvalue weighted by Crippen LogP contribution is 2.36. The van der Waals surface area contributed by atoms with Crippen molar-refractivity contribution in [2.24, 2.45) is 5.92 Å². The number of amides is 1. The highest BCUT2D eigenvalue weighted by Gasteiger charge is 2.49. The minimum absolute atomic E-state index is 0.0282. The zero-order chi connectivity index (χ0) is 29.0. The van der Waals surface area contributed by atoms with Gasteiger partial charge in [-0.25, -0.2) is 13.2 Å². The lowest BCUT2D eigenvalue weighted by Crippen LogP contribution is -2.57. The Morgan fingerprint density at radius 3 is 2.41 bits per heavy atom. The number of hydroxylamine groups is 1. The van der Waals surface area contributed by atoms with Crippen LogP contribution in [0.3, 0.4) is 0 Å². The molecule has 0 spiro atoms. The number of nitrogens with two attached hydrogens (primary N) is 1. The second-order valence-corrected chi connectivity index (χ2v) is 12.9. The third kappa shape index (κ3) is 6.85. The van der Waals surface area contributed by atoms with Crippen LogP contribution in [0.1, 0.15) is 44.1 Å². The monoisotopic (exact) mass is 589 g/mol. The largest absolute Gasteiger partial charge is 0.465 e. The lowest BCUT2D eigenvalue weighted by molar-refractivity contribution is -0.159. The van der Waals surface area contributed by atoms with Gasteiger partial charge in [0.25, 0.3) is 10.0 Å². The normalized spacial score (nSPS) is 24.7. The van der Waals surface area contributed by atoms with Crippen LogP contribution >= 0.6 is 0 Å². The number of hydrogen-bond donors (Lipinski definition) is 3. The van der Waals surface area contributed by atoms with Crippen molar-refractivity contribution < 1.29 is 37.7 Å². The number of carboxylic acid groups (broad SMARTS) is 1. The molecule has 4 N–H and O–H groups in total. The molecule has 1 amide bonds. The van der Waals surface area contributed by atoms with Crippen molar-refractivity contribution >= 4 is 21.8 Å². The molecule has 3 fully saturated rings. The van der Waals surface area contributed by atoms with E-state index in [9.17, 15) is 23.4 Å². The summed E-state index contributed by atoms with van der Waals surface area (Å²) in [5.74, 6) is -0.176. The molecule has 1 saturated carbocycles. The molecule has 2 aliphatic heterocycles. The van der Waals surface area contributed by atoms with Crippen LogP contribution in [0.2, 0.25) is 0 Å². The zero-order valence-corrected chi connectivity index (χ0v) is 23.8. The lowest BCUT2D eigenvalue weighted by atomic mass is 9.93. The molecule has 41 heavy (non-hydrogen) atoms. The van der Waals surface area contributed by atoms with Crippen molar-refractivity contribution in [1.29, 1.82) is 0 Å². The van der Waals surface area contributed by atoms with Crippen LogP contribution in [0.4, 0.5) is 10.5 Å². The molecule has 0 unspecified atom stereocenters. The summed E-state index contributed by atoms with van der Waals surface area (Å²) >= 11 is 0. The highest BCUT2D eigenvalue weighted by atomic mass is 32.2. The molecule has 5 atom stereocenters. The van der Waals surface area contributed by atoms with E-state index in [1.807, 2.05) is 30.3 Å². The molecule has 5 rings (SSSR count). The molecule has 0 aromatic heterocycles. The Morgan fingerprint density at radius 1 is 1.02 bits per heavy atom. The van der Waals surface area contributed by atoms with E-state index in [1.54, 1.807) is 0 Å². The number of aliphatic hydroxyl groups is 1. The first-order chi connectivity index (χ1) is 19.7. The Labute approximate surface area is 240 Å². The minimum Gasteiger partial charge on any atom is -0.465 e. The van der Waals surface area contributed by atoms with Gasteiger partial charge in [0, 0.05) is 11.6 Å². The quantitative estimate of drug-likeness (QED) is 0.265. The van der Waals surface area contributed by atoms with Gasteiger partial charge in [-0.05, 0) is 55.5 Å². The van der Waals surface area contributed by atoms with Crippen LogP contribution < -0.4 is 5.73 Å². The summed E-state index contributed by atoms with van der Waals surface area (Å²) in [6.45, 7) is 0.141. The minimum atomic E-state index is -4.21. The Kier molecular flexibility index (Phi) is 9.47. The number of sulfonamides is 1. The number of aliphatic hydroxyl groups excluding tert-OH is 1. The summed E-state index contributed by atoms with van der Waals surface area (Å²) < 4.78 is 39.9. The Bertz CT molecular complexity index is 1260. The first-order valence-electron chi connectivity index (χ1n) is 14.3. The standard InChI is InChI=1S/C29H39N3O8S/c30-21-11-13-23(14-12-21)41(36,37)31(40-22-9-5-2-6-10-22)18-27(33)25(17-20-7-3-1-4-8-20)32(29(34)35)26-19-39-28-24(26)15-16-38-28/h1,3-4,7-8,11-14,22,24-28,33H,2,5-6,9-10,15-19,30H2,(H,34,35)/t24-,25-,26-,27+,28+/m0/s1. The predicted octanol–water partition coefficient (Wildman–Crippen LogP) is 3.24. The molecule has 1 aliphatic carbocycles. The number of nitrogens with zero attached hydrogens (tertiary/aromatic N) is 2. The average Bonchev–Trinajstić information content (AvgIpc) is 3.59. The van der Waals surface area contributed by atoms with Gasteiger partial charge in [0.2, 0.25) is 0 Å². The molecule has 3 aliphatic rings. The van der Waals surface area contributed by atoms with Crippen molar-refractivity contribution in [3.63, 3.8) is 0 Å². The third-order valence-corrected chi connectivity index (χ3v) is 9.92. The van der Waals surface area contributed by atoms with Gasteiger partial charge in [0.05, 0.1) is 48.9 Å². The van der Waals surface area contributed by atoms with E-state index < -0.39 is 47.1 Å². The summed E-state index contributed by atoms with van der Waals surface area (Å²) in [5.41, 5.74) is 7.01. The fraction of sp³-hybridized carbons (Fsp3) is 0.552. The summed E-state index contributed by atoms with van der Waals surface area (Å²) in [6.07, 6.45) is 1.62. The van der Waals surface area contributed by atoms with Gasteiger partial charge in [-0.1, -0.05) is 54.1 Å². The average molecular weight is 590 g/mol. The van der Waals surface area contributed by atoms with Crippen molar-refractivity contribution in [3.05, 3.63) is 60.2 Å². The van der Waals surface area contributed by atoms with Crippen molar-refractivity contribution in [2.45, 2.75) is 80.4 Å². The van der Waals surface area contributed by atoms with E-state index in [2.05, 4.69) is 0 Å². The second kappa shape index (κ2) is 13.1. The molecule has 2 aromatic rings. The molecule has 224 valence electrons. The smallest absolute Gasteiger partial charge is 0.407 e. The Hall–Kier alpha value is -2.74. The lowest BCUT2D eigenvalue weighted by Gasteiger charge is -2.39. The molecule has 12 heteroatoms. The fourth-order valence-corrected chi connectivity index (χ4v) is 7.40. The fourth-order valence-electron chi connectivity index (χ4n) is 6.10. The van der Waals surface area contributed by atoms with Gasteiger partial charge < -0.3 is 25.4 Å². The van der Waals surface area contributed by atoms with Gasteiger partial charge in [-0.15, -0.1) is 0 Å². The summed E-state index contributed by atoms with van der Waals surface area (Å²) in [6, 6.07) is 13.5. The van der Waals surface area contributed by atoms with Crippen molar-refractivity contribution in [2.75, 3.05) is 25.5 Å². The number of hydrogen-bond acceptors (Lipinski definition) is 8. The molecule has 2 heterocycles. The number of rotatable bonds is 11. The molecule has 0 radical (unpaired) electrons. The SMILES string of the molecule is Nc1ccc(S(=O)(=O)N(C[C@@H](O)[C@H](Cc2ccccc2)N(C(=O)O)[C@H]2CO[C@H]3OCC[C@H]32)OC2CCCCC2)cc1. The van der Waals surface area contributed by atoms with E-state index in [4.69, 9.17) is 20.0 Å². The maximum absolute atomic E-state index is 13.8. The number of ether oxygens (including phenoxy) is 2. The van der Waals surface area contributed by atoms with E-state index in [1.165, 1.54) is 29.2 Å². The first kappa shape index (κ1) is 29.7. The molecule has 11 nitrogen and oxygen atoms in total. The van der Waals surface area contributed by atoms with Crippen LogP contribution in [-0.4, -0.2) is 84.4 Å². The Morgan fingerprint density at radius 2 is 1.73 bits per heavy atom. The van der Waals surface area contributed by atoms with E-state index in [-0.39, 0.29) is 29.9 Å². The zero-order valence-electron chi connectivity index (χ0n) is 23.0. The predicted molar refractivity (Wildman–Crippen MR) is 150 cm³/mol. The number of benzene rings is 2. The summed E-state index contributed by atoms with van der Waals surface area (Å²) in [7, 11) is -4.21. The number of fused-ring (bicyclic) bond motifs is 1. The molecule has 0 bridgehead atoms. The van der Waals surface area contributed by atoms with Gasteiger partial charge in [-0.3, -0.25) is 9.74 Å². The van der Waals surface area contributed by atoms with Crippen molar-refractivity contribution in [3.8, 4) is 0 Å². The van der Waals surface area contributed by atoms with Crippen LogP contribution in [0, 0.1) is 5.92 Å². The maximum atomic E-state index is 13.8. The van der Waals surface area contributed by atoms with Crippen molar-refractivity contribution in [1.82, 2.24) is 9.37 Å². The molecular formula is C29H39N3O8S. The summed E-state index contributed by atoms with van der Waals surface area (Å²) in [5, 5.41) is 22.2. The first-order valence-corrected chi connectivity index (χ1v) is 15.7. The number of carbonyl (C=O) groups is 1. The number of anilines is 1. The number of nitrogen functional groups attached to an aromatic ring is 1. The van der Waals surface area contributed by atoms with E-state index in [0.717, 1.165) is 29.3 Å². The van der Waals surface area contributed by atoms with Crippen LogP contribution in [-0.2, 0) is 30.8 Å². The van der Waals surface area contributed by atoms with Crippen LogP contribution in [0.15, 0.2) is 59.5 Å². The second-order valence-electron chi connectivity index (χ2n) is 11.0. The van der Waals surface area contributed by atoms with Gasteiger partial charge in [-0.2, -0.15) is 0 Å². The van der Waals surface area contributed by atoms with E-state index >= 15 is 0 Å². The topological polar surface area (TPSA) is 152 Å². The van der Waals surface area contributed by atoms with Gasteiger partial charge >= 0.3 is 6.09 Å². The third-order valence-electron chi connectivity index (χ3n) is 8.28. The van der Waals surface area contributed by atoms with Gasteiger partial charge in [0.15, 0.2) is 6.29 Å². The highest BCUT2D eigenvalue weighted by molar-refractivity contribution is 7.89. The van der Waals surface area contributed by atoms with Crippen LogP contribution in [0.25, 0.3) is 0 Å². The van der Waals surface area contributed by atoms with E-state index in [0.29, 0.717) is 31.6 Å². The molecule has 2 aromatic carbocycles. The maximum Gasteiger partial charge on any atom is 0.407 e. The summed E-state index contributed by atoms with van der Waals surface area (Å²) in [4.78, 5) is 20.1. The molecular weight excluding hydrogens is 550 g/mol.